The van der Waals surface area contributed by atoms with Crippen LogP contribution in [-0.4, -0.2) is 136 Å². The third-order valence-corrected chi connectivity index (χ3v) is 13.5. The molecule has 0 fully saturated rings. The van der Waals surface area contributed by atoms with Gasteiger partial charge in [-0.1, -0.05) is 83.1 Å². The topological polar surface area (TPSA) is 389 Å². The fourth-order valence-corrected chi connectivity index (χ4v) is 8.85. The molecular formula is C54H70ClN11O12S2. The zero-order chi connectivity index (χ0) is 58.9. The van der Waals surface area contributed by atoms with Gasteiger partial charge in [0.2, 0.25) is 53.2 Å². The number of phenolic OH excluding ortho intramolecular Hbond substituents is 2. The van der Waals surface area contributed by atoms with E-state index in [-0.39, 0.29) is 74.8 Å². The maximum atomic E-state index is 14.7. The molecule has 4 aromatic rings. The molecule has 23 nitrogen and oxygen atoms in total. The Balaban J connectivity index is 1.59. The van der Waals surface area contributed by atoms with Gasteiger partial charge in [0.05, 0.1) is 18.7 Å². The number of carbonyl (C=O) groups excluding carboxylic acids is 9. The summed E-state index contributed by atoms with van der Waals surface area (Å²) in [7, 11) is 0.937. The molecule has 432 valence electrons. The predicted molar refractivity (Wildman–Crippen MR) is 304 cm³/mol. The van der Waals surface area contributed by atoms with Crippen LogP contribution in [0.2, 0.25) is 5.02 Å². The summed E-state index contributed by atoms with van der Waals surface area (Å²) in [5, 5.41) is 51.5. The van der Waals surface area contributed by atoms with Gasteiger partial charge in [-0.05, 0) is 103 Å². The molecule has 0 aromatic heterocycles. The highest BCUT2D eigenvalue weighted by Gasteiger charge is 2.35. The number of phenols is 2. The van der Waals surface area contributed by atoms with Crippen molar-refractivity contribution in [2.45, 2.75) is 114 Å². The van der Waals surface area contributed by atoms with E-state index in [1.165, 1.54) is 62.4 Å². The number of aromatic hydroxyl groups is 2. The van der Waals surface area contributed by atoms with Gasteiger partial charge in [0, 0.05) is 43.5 Å². The van der Waals surface area contributed by atoms with Crippen molar-refractivity contribution in [2.75, 3.05) is 18.8 Å². The minimum atomic E-state index is -1.68. The number of amides is 9. The van der Waals surface area contributed by atoms with Crippen molar-refractivity contribution in [2.24, 2.45) is 17.2 Å². The number of nitrogens with two attached hydrogens (primary N) is 3. The van der Waals surface area contributed by atoms with Gasteiger partial charge in [-0.15, -0.1) is 11.7 Å². The second-order valence-corrected chi connectivity index (χ2v) is 20.7. The van der Waals surface area contributed by atoms with E-state index >= 15 is 0 Å². The largest absolute Gasteiger partial charge is 0.508 e. The van der Waals surface area contributed by atoms with Gasteiger partial charge >= 0.3 is 0 Å². The lowest BCUT2D eigenvalue weighted by molar-refractivity contribution is -0.136. The van der Waals surface area contributed by atoms with Gasteiger partial charge in [-0.2, -0.15) is 0 Å². The normalized spacial score (nSPS) is 14.0. The number of primary amides is 1. The van der Waals surface area contributed by atoms with Crippen LogP contribution >= 0.6 is 34.1 Å². The van der Waals surface area contributed by atoms with Gasteiger partial charge in [0.25, 0.3) is 0 Å². The highest BCUT2D eigenvalue weighted by atomic mass is 35.5. The van der Waals surface area contributed by atoms with Crippen LogP contribution in [0.4, 0.5) is 0 Å². The van der Waals surface area contributed by atoms with Crippen LogP contribution < -0.4 is 59.7 Å². The number of nitrogens with one attached hydrogen (secondary N) is 8. The van der Waals surface area contributed by atoms with Crippen molar-refractivity contribution in [1.29, 1.82) is 0 Å². The minimum absolute atomic E-state index is 0.0163. The summed E-state index contributed by atoms with van der Waals surface area (Å²) in [6, 6.07) is 15.5. The highest BCUT2D eigenvalue weighted by Crippen LogP contribution is 2.17. The van der Waals surface area contributed by atoms with Crippen molar-refractivity contribution in [3.63, 3.8) is 0 Å². The average Bonchev–Trinajstić information content (AvgIpc) is 3.42. The van der Waals surface area contributed by atoms with E-state index < -0.39 is 102 Å². The lowest BCUT2D eigenvalue weighted by Gasteiger charge is -2.28. The summed E-state index contributed by atoms with van der Waals surface area (Å²) in [6.45, 7) is 2.28. The first-order chi connectivity index (χ1) is 38.0. The number of halogens is 1. The molecule has 0 unspecified atom stereocenters. The zero-order valence-corrected chi connectivity index (χ0v) is 46.6. The van der Waals surface area contributed by atoms with E-state index in [1.54, 1.807) is 48.5 Å². The van der Waals surface area contributed by atoms with Crippen molar-refractivity contribution in [3.05, 3.63) is 130 Å². The number of aliphatic hydroxyl groups excluding tert-OH is 1. The molecule has 80 heavy (non-hydrogen) atoms. The first-order valence-electron chi connectivity index (χ1n) is 25.5. The molecule has 0 spiro atoms. The Hall–Kier alpha value is -7.42. The number of unbranched alkanes of at least 4 members (excludes halogenated alkanes) is 1. The zero-order valence-electron chi connectivity index (χ0n) is 44.1. The quantitative estimate of drug-likeness (QED) is 0.0168. The summed E-state index contributed by atoms with van der Waals surface area (Å²) in [5.74, 6) is -7.31. The molecule has 0 bridgehead atoms. The second-order valence-electron chi connectivity index (χ2n) is 18.9. The molecule has 4 rings (SSSR count). The van der Waals surface area contributed by atoms with Crippen LogP contribution in [0.5, 0.6) is 11.5 Å². The van der Waals surface area contributed by atoms with Crippen LogP contribution in [0, 0.1) is 0 Å². The van der Waals surface area contributed by atoms with E-state index in [0.29, 0.717) is 39.3 Å². The number of hydrogen-bond donors (Lipinski definition) is 15. The Morgan fingerprint density at radius 1 is 0.562 bits per heavy atom. The first-order valence-corrected chi connectivity index (χ1v) is 27.9. The van der Waals surface area contributed by atoms with Crippen LogP contribution in [-0.2, 0) is 75.4 Å². The predicted octanol–water partition coefficient (Wildman–Crippen LogP) is -0.417. The fourth-order valence-electron chi connectivity index (χ4n) is 7.90. The van der Waals surface area contributed by atoms with E-state index in [2.05, 4.69) is 54.2 Å². The van der Waals surface area contributed by atoms with Gasteiger partial charge < -0.3 is 75.1 Å². The Morgan fingerprint density at radius 3 is 1.49 bits per heavy atom. The molecule has 17 N–H and O–H groups in total. The Morgan fingerprint density at radius 2 is 1.00 bits per heavy atom. The van der Waals surface area contributed by atoms with Crippen molar-refractivity contribution >= 4 is 87.2 Å². The molecule has 0 aliphatic rings. The molecule has 0 saturated carbocycles. The van der Waals surface area contributed by atoms with Crippen LogP contribution in [0.25, 0.3) is 0 Å². The van der Waals surface area contributed by atoms with E-state index in [0.717, 1.165) is 10.8 Å². The van der Waals surface area contributed by atoms with E-state index in [1.807, 2.05) is 0 Å². The molecule has 4 aromatic carbocycles. The lowest BCUT2D eigenvalue weighted by atomic mass is 10.00. The van der Waals surface area contributed by atoms with E-state index in [9.17, 15) is 58.5 Å². The third-order valence-electron chi connectivity index (χ3n) is 12.3. The molecule has 8 atom stereocenters. The minimum Gasteiger partial charge on any atom is -0.508 e. The number of thiol groups is 1. The van der Waals surface area contributed by atoms with Gasteiger partial charge in [0.1, 0.15) is 47.8 Å². The highest BCUT2D eigenvalue weighted by molar-refractivity contribution is 8.68. The average molecular weight is 1160 g/mol. The van der Waals surface area contributed by atoms with Crippen LogP contribution in [0.3, 0.4) is 0 Å². The standard InChI is InChI=1S/C54H70ClN11O12S2/c1-30(67)47(54(78)60-28-46(71)61-42(48(58)72)24-34-12-18-38(69)19-13-34)66-50(74)41(5-3-4-22-56)62-51(75)43(25-33-6-8-36(9-7-33)27-59-31(2)68)63-52(76)44(26-35-14-20-39(70)21-15-35)64-53(77)45(29-80-79)65-49(73)40(57)23-32-10-16-37(55)17-11-32/h6-21,30,40-45,47,67,69-70,79H,3-5,22-29,56-57H2,1-2H3,(H2,58,72)(H,59,68)(H,60,78)(H,61,71)(H,62,75)(H,63,76)(H,64,77)(H,65,73)(H,66,74)/t30-,40+,41+,42-,43-,44+,45-,47+/m1/s1. The smallest absolute Gasteiger partial charge is 0.245 e. The summed E-state index contributed by atoms with van der Waals surface area (Å²) in [6.07, 6.45) is -1.21. The lowest BCUT2D eigenvalue weighted by Crippen LogP contribution is -2.61. The number of carbonyl (C=O) groups is 9. The molecule has 26 heteroatoms. The molecule has 0 radical (unpaired) electrons. The van der Waals surface area contributed by atoms with Crippen LogP contribution in [0.1, 0.15) is 60.9 Å². The summed E-state index contributed by atoms with van der Waals surface area (Å²) < 4.78 is 0. The molecule has 0 saturated heterocycles. The summed E-state index contributed by atoms with van der Waals surface area (Å²) >= 11 is 10.2. The number of aliphatic hydroxyl groups is 1. The number of benzene rings is 4. The SMILES string of the molecule is CC(=O)NCc1ccc(C[C@@H](NC(=O)[C@H](Cc2ccc(O)cc2)NC(=O)[C@@H](CSS)NC(=O)[C@@H](N)Cc2ccc(Cl)cc2)C(=O)N[C@@H](CCCCN)C(=O)N[C@H](C(=O)NCC(=O)N[C@H](Cc2ccc(O)cc2)C(N)=O)[C@@H](C)O)cc1. The van der Waals surface area contributed by atoms with E-state index in [4.69, 9.17) is 28.8 Å². The Bertz CT molecular complexity index is 2730. The molecule has 0 aliphatic heterocycles. The summed E-state index contributed by atoms with van der Waals surface area (Å²) in [4.78, 5) is 121. The first kappa shape index (κ1) is 65.1. The van der Waals surface area contributed by atoms with Crippen molar-refractivity contribution in [1.82, 2.24) is 42.5 Å². The summed E-state index contributed by atoms with van der Waals surface area (Å²) in [5.41, 5.74) is 20.5. The number of rotatable bonds is 32. The monoisotopic (exact) mass is 1160 g/mol. The maximum Gasteiger partial charge on any atom is 0.245 e. The third kappa shape index (κ3) is 22.7. The van der Waals surface area contributed by atoms with Crippen molar-refractivity contribution in [3.8, 4) is 11.5 Å². The van der Waals surface area contributed by atoms with Gasteiger partial charge in [0.15, 0.2) is 0 Å². The maximum absolute atomic E-state index is 14.7. The van der Waals surface area contributed by atoms with Crippen molar-refractivity contribution < 1.29 is 58.5 Å². The Labute approximate surface area is 477 Å². The molecule has 9 amide bonds. The van der Waals surface area contributed by atoms with Crippen LogP contribution in [0.15, 0.2) is 97.1 Å². The Kier molecular flexibility index (Phi) is 27.0. The van der Waals surface area contributed by atoms with Gasteiger partial charge in [-0.3, -0.25) is 43.2 Å². The molecule has 0 heterocycles. The fraction of sp³-hybridized carbons (Fsp3) is 0.389. The van der Waals surface area contributed by atoms with Gasteiger partial charge in [-0.25, -0.2) is 0 Å². The number of hydrogen-bond acceptors (Lipinski definition) is 16. The second kappa shape index (κ2) is 33.2. The molecular weight excluding hydrogens is 1090 g/mol. The molecule has 0 aliphatic carbocycles.